The molecule has 0 atom stereocenters. The Balaban J connectivity index is 1.98. The van der Waals surface area contributed by atoms with E-state index in [9.17, 15) is 4.79 Å². The predicted octanol–water partition coefficient (Wildman–Crippen LogP) is 4.77. The molecule has 104 valence electrons. The van der Waals surface area contributed by atoms with Crippen LogP contribution in [0.2, 0.25) is 5.02 Å². The van der Waals surface area contributed by atoms with E-state index in [0.29, 0.717) is 12.2 Å². The lowest BCUT2D eigenvalue weighted by atomic mass is 9.89. The molecule has 1 aromatic carbocycles. The Morgan fingerprint density at radius 3 is 2.47 bits per heavy atom. The highest BCUT2D eigenvalue weighted by Crippen LogP contribution is 2.28. The molecule has 2 rings (SSSR count). The summed E-state index contributed by atoms with van der Waals surface area (Å²) in [6, 6.07) is 4.42. The first kappa shape index (κ1) is 14.6. The van der Waals surface area contributed by atoms with Crippen LogP contribution < -0.4 is 0 Å². The molecule has 0 N–H and O–H groups in total. The molecule has 0 aromatic heterocycles. The molecule has 0 spiro atoms. The van der Waals surface area contributed by atoms with Crippen molar-refractivity contribution in [2.75, 3.05) is 0 Å². The number of benzene rings is 1. The Hall–Kier alpha value is -0.820. The van der Waals surface area contributed by atoms with E-state index in [1.54, 1.807) is 0 Å². The molecule has 1 nitrogen and oxygen atoms in total. The van der Waals surface area contributed by atoms with Crippen molar-refractivity contribution in [2.24, 2.45) is 5.92 Å². The van der Waals surface area contributed by atoms with Gasteiger partial charge in [0, 0.05) is 17.4 Å². The molecular formula is C17H23ClO. The number of ketones is 1. The molecule has 0 amide bonds. The molecule has 0 saturated carbocycles. The zero-order valence-corrected chi connectivity index (χ0v) is 12.7. The SMILES string of the molecule is CC(C)C(=O)CCCc1cc2c(cc1Cl)CCCC2. The van der Waals surface area contributed by atoms with Gasteiger partial charge in [-0.3, -0.25) is 4.79 Å². The number of carbonyl (C=O) groups is 1. The number of hydrogen-bond acceptors (Lipinski definition) is 1. The second-order valence-corrected chi connectivity index (χ2v) is 6.30. The molecule has 0 unspecified atom stereocenters. The lowest BCUT2D eigenvalue weighted by molar-refractivity contribution is -0.121. The second kappa shape index (κ2) is 6.56. The zero-order valence-electron chi connectivity index (χ0n) is 12.0. The Morgan fingerprint density at radius 1 is 1.21 bits per heavy atom. The predicted molar refractivity (Wildman–Crippen MR) is 80.9 cm³/mol. The lowest BCUT2D eigenvalue weighted by Crippen LogP contribution is -2.07. The van der Waals surface area contributed by atoms with Gasteiger partial charge in [-0.2, -0.15) is 0 Å². The van der Waals surface area contributed by atoms with Crippen LogP contribution in [0.3, 0.4) is 0 Å². The smallest absolute Gasteiger partial charge is 0.135 e. The maximum absolute atomic E-state index is 11.6. The highest BCUT2D eigenvalue weighted by molar-refractivity contribution is 6.31. The van der Waals surface area contributed by atoms with Gasteiger partial charge >= 0.3 is 0 Å². The lowest BCUT2D eigenvalue weighted by Gasteiger charge is -2.18. The third kappa shape index (κ3) is 3.82. The van der Waals surface area contributed by atoms with Crippen molar-refractivity contribution in [3.05, 3.63) is 33.8 Å². The molecule has 0 fully saturated rings. The van der Waals surface area contributed by atoms with Crippen LogP contribution in [0.5, 0.6) is 0 Å². The Kier molecular flexibility index (Phi) is 5.04. The van der Waals surface area contributed by atoms with Crippen molar-refractivity contribution in [3.63, 3.8) is 0 Å². The van der Waals surface area contributed by atoms with Gasteiger partial charge in [-0.05, 0) is 61.3 Å². The molecule has 0 bridgehead atoms. The van der Waals surface area contributed by atoms with Crippen LogP contribution in [0, 0.1) is 5.92 Å². The number of halogens is 1. The maximum atomic E-state index is 11.6. The van der Waals surface area contributed by atoms with Gasteiger partial charge in [-0.15, -0.1) is 0 Å². The van der Waals surface area contributed by atoms with E-state index in [4.69, 9.17) is 11.6 Å². The van der Waals surface area contributed by atoms with Crippen LogP contribution in [0.15, 0.2) is 12.1 Å². The fourth-order valence-corrected chi connectivity index (χ4v) is 3.02. The summed E-state index contributed by atoms with van der Waals surface area (Å²) < 4.78 is 0. The third-order valence-electron chi connectivity index (χ3n) is 4.02. The summed E-state index contributed by atoms with van der Waals surface area (Å²) in [7, 11) is 0. The van der Waals surface area contributed by atoms with E-state index in [0.717, 1.165) is 17.9 Å². The van der Waals surface area contributed by atoms with Crippen LogP contribution in [0.4, 0.5) is 0 Å². The van der Waals surface area contributed by atoms with Gasteiger partial charge in [0.2, 0.25) is 0 Å². The van der Waals surface area contributed by atoms with Gasteiger partial charge < -0.3 is 0 Å². The van der Waals surface area contributed by atoms with Gasteiger partial charge in [0.1, 0.15) is 5.78 Å². The fraction of sp³-hybridized carbons (Fsp3) is 0.588. The molecule has 1 aromatic rings. The molecule has 2 heteroatoms. The minimum atomic E-state index is 0.152. The number of carbonyl (C=O) groups excluding carboxylic acids is 1. The summed E-state index contributed by atoms with van der Waals surface area (Å²) in [5.41, 5.74) is 4.12. The standard InChI is InChI=1S/C17H23ClO/c1-12(2)17(19)9-5-8-15-10-13-6-3-4-7-14(13)11-16(15)18/h10-12H,3-9H2,1-2H3. The van der Waals surface area contributed by atoms with Crippen molar-refractivity contribution in [1.29, 1.82) is 0 Å². The highest BCUT2D eigenvalue weighted by atomic mass is 35.5. The van der Waals surface area contributed by atoms with Crippen molar-refractivity contribution in [1.82, 2.24) is 0 Å². The minimum absolute atomic E-state index is 0.152. The molecule has 0 aliphatic heterocycles. The van der Waals surface area contributed by atoms with Crippen LogP contribution in [-0.4, -0.2) is 5.78 Å². The normalized spacial score (nSPS) is 14.5. The van der Waals surface area contributed by atoms with Crippen LogP contribution in [0.1, 0.15) is 56.2 Å². The maximum Gasteiger partial charge on any atom is 0.135 e. The number of hydrogen-bond donors (Lipinski definition) is 0. The number of aryl methyl sites for hydroxylation is 3. The first-order valence-electron chi connectivity index (χ1n) is 7.41. The van der Waals surface area contributed by atoms with Crippen molar-refractivity contribution in [3.8, 4) is 0 Å². The van der Waals surface area contributed by atoms with Crippen LogP contribution >= 0.6 is 11.6 Å². The summed E-state index contributed by atoms with van der Waals surface area (Å²) in [6.45, 7) is 3.93. The fourth-order valence-electron chi connectivity index (χ4n) is 2.74. The van der Waals surface area contributed by atoms with Crippen molar-refractivity contribution in [2.45, 2.75) is 58.8 Å². The molecule has 0 radical (unpaired) electrons. The molecule has 0 heterocycles. The van der Waals surface area contributed by atoms with Gasteiger partial charge in [-0.1, -0.05) is 31.5 Å². The van der Waals surface area contributed by atoms with Gasteiger partial charge in [-0.25, -0.2) is 0 Å². The van der Waals surface area contributed by atoms with Gasteiger partial charge in [0.25, 0.3) is 0 Å². The summed E-state index contributed by atoms with van der Waals surface area (Å²) in [6.07, 6.45) is 7.43. The van der Waals surface area contributed by atoms with Gasteiger partial charge in [0.05, 0.1) is 0 Å². The average Bonchev–Trinajstić information content (AvgIpc) is 2.39. The molecule has 0 saturated heterocycles. The Bertz CT molecular complexity index is 463. The molecule has 1 aliphatic rings. The van der Waals surface area contributed by atoms with E-state index < -0.39 is 0 Å². The van der Waals surface area contributed by atoms with E-state index in [1.165, 1.54) is 42.4 Å². The van der Waals surface area contributed by atoms with Crippen molar-refractivity contribution >= 4 is 17.4 Å². The summed E-state index contributed by atoms with van der Waals surface area (Å²) in [5, 5.41) is 0.887. The summed E-state index contributed by atoms with van der Waals surface area (Å²) in [4.78, 5) is 11.6. The monoisotopic (exact) mass is 278 g/mol. The second-order valence-electron chi connectivity index (χ2n) is 5.89. The summed E-state index contributed by atoms with van der Waals surface area (Å²) in [5.74, 6) is 0.507. The summed E-state index contributed by atoms with van der Waals surface area (Å²) >= 11 is 6.35. The Labute approximate surface area is 121 Å². The third-order valence-corrected chi connectivity index (χ3v) is 4.38. The first-order chi connectivity index (χ1) is 9.08. The van der Waals surface area contributed by atoms with Crippen LogP contribution in [0.25, 0.3) is 0 Å². The average molecular weight is 279 g/mol. The number of Topliss-reactive ketones (excluding diaryl/α,β-unsaturated/α-hetero) is 1. The molecular weight excluding hydrogens is 256 g/mol. The Morgan fingerprint density at radius 2 is 1.84 bits per heavy atom. The van der Waals surface area contributed by atoms with E-state index >= 15 is 0 Å². The van der Waals surface area contributed by atoms with E-state index in [2.05, 4.69) is 12.1 Å². The van der Waals surface area contributed by atoms with Crippen molar-refractivity contribution < 1.29 is 4.79 Å². The largest absolute Gasteiger partial charge is 0.299 e. The number of fused-ring (bicyclic) bond motifs is 1. The zero-order chi connectivity index (χ0) is 13.8. The molecule has 19 heavy (non-hydrogen) atoms. The quantitative estimate of drug-likeness (QED) is 0.758. The topological polar surface area (TPSA) is 17.1 Å². The van der Waals surface area contributed by atoms with E-state index in [1.807, 2.05) is 13.8 Å². The highest BCUT2D eigenvalue weighted by Gasteiger charge is 2.13. The van der Waals surface area contributed by atoms with Gasteiger partial charge in [0.15, 0.2) is 0 Å². The number of rotatable bonds is 5. The minimum Gasteiger partial charge on any atom is -0.299 e. The molecule has 1 aliphatic carbocycles. The first-order valence-corrected chi connectivity index (χ1v) is 7.78. The van der Waals surface area contributed by atoms with E-state index in [-0.39, 0.29) is 5.92 Å². The van der Waals surface area contributed by atoms with Crippen LogP contribution in [-0.2, 0) is 24.1 Å².